The molecular weight excluding hydrogens is 203 g/mol. The molecule has 0 bridgehead atoms. The molecule has 0 saturated heterocycles. The highest BCUT2D eigenvalue weighted by molar-refractivity contribution is 7.90. The summed E-state index contributed by atoms with van der Waals surface area (Å²) in [7, 11) is -3.17. The number of hydrogen-bond donors (Lipinski definition) is 0. The van der Waals surface area contributed by atoms with Crippen LogP contribution in [0.2, 0.25) is 0 Å². The molecule has 0 aromatic heterocycles. The van der Waals surface area contributed by atoms with Crippen LogP contribution >= 0.6 is 0 Å². The highest BCUT2D eigenvalue weighted by Crippen LogP contribution is 2.21. The Hall–Kier alpha value is -0.900. The molecule has 0 aliphatic rings. The zero-order valence-corrected chi connectivity index (χ0v) is 9.01. The van der Waals surface area contributed by atoms with E-state index in [1.54, 1.807) is 6.92 Å². The van der Waals surface area contributed by atoms with Crippen molar-refractivity contribution in [3.05, 3.63) is 29.8 Å². The molecule has 0 spiro atoms. The van der Waals surface area contributed by atoms with E-state index in [2.05, 4.69) is 0 Å². The normalized spacial score (nSPS) is 13.9. The molecule has 14 heavy (non-hydrogen) atoms. The molecule has 0 heterocycles. The van der Waals surface area contributed by atoms with Gasteiger partial charge in [-0.05, 0) is 24.1 Å². The van der Waals surface area contributed by atoms with Gasteiger partial charge in [0.15, 0.2) is 9.84 Å². The molecule has 1 aromatic rings. The van der Waals surface area contributed by atoms with Crippen LogP contribution in [0.5, 0.6) is 0 Å². The molecule has 2 nitrogen and oxygen atoms in total. The van der Waals surface area contributed by atoms with Gasteiger partial charge in [0.1, 0.15) is 6.17 Å². The van der Waals surface area contributed by atoms with Crippen LogP contribution in [-0.2, 0) is 9.84 Å². The fraction of sp³-hybridized carbons (Fsp3) is 0.400. The smallest absolute Gasteiger partial charge is 0.175 e. The Kier molecular flexibility index (Phi) is 3.26. The second-order valence-electron chi connectivity index (χ2n) is 3.22. The Bertz CT molecular complexity index is 395. The number of halogens is 1. The highest BCUT2D eigenvalue weighted by atomic mass is 32.2. The molecule has 0 amide bonds. The van der Waals surface area contributed by atoms with Gasteiger partial charge in [-0.3, -0.25) is 0 Å². The van der Waals surface area contributed by atoms with Crippen LogP contribution in [-0.4, -0.2) is 14.7 Å². The van der Waals surface area contributed by atoms with Gasteiger partial charge in [-0.1, -0.05) is 19.1 Å². The summed E-state index contributed by atoms with van der Waals surface area (Å²) in [5.41, 5.74) is 0.528. The third-order valence-corrected chi connectivity index (χ3v) is 3.16. The minimum atomic E-state index is -3.17. The molecule has 1 atom stereocenters. The van der Waals surface area contributed by atoms with Gasteiger partial charge >= 0.3 is 0 Å². The van der Waals surface area contributed by atoms with E-state index in [1.165, 1.54) is 24.3 Å². The predicted octanol–water partition coefficient (Wildman–Crippen LogP) is 2.51. The Morgan fingerprint density at radius 2 is 1.79 bits per heavy atom. The van der Waals surface area contributed by atoms with Crippen molar-refractivity contribution in [3.8, 4) is 0 Å². The first kappa shape index (κ1) is 11.2. The van der Waals surface area contributed by atoms with Gasteiger partial charge in [0.05, 0.1) is 4.90 Å². The Morgan fingerprint density at radius 1 is 1.29 bits per heavy atom. The fourth-order valence-corrected chi connectivity index (χ4v) is 1.79. The van der Waals surface area contributed by atoms with E-state index >= 15 is 0 Å². The van der Waals surface area contributed by atoms with E-state index < -0.39 is 16.0 Å². The monoisotopic (exact) mass is 216 g/mol. The first-order chi connectivity index (χ1) is 6.45. The lowest BCUT2D eigenvalue weighted by molar-refractivity contribution is 0.334. The third kappa shape index (κ3) is 2.54. The van der Waals surface area contributed by atoms with Crippen molar-refractivity contribution in [1.82, 2.24) is 0 Å². The average molecular weight is 216 g/mol. The molecular formula is C10H13FO2S. The Morgan fingerprint density at radius 3 is 2.14 bits per heavy atom. The van der Waals surface area contributed by atoms with E-state index in [1.807, 2.05) is 0 Å². The van der Waals surface area contributed by atoms with Gasteiger partial charge in [0.2, 0.25) is 0 Å². The summed E-state index contributed by atoms with van der Waals surface area (Å²) in [6.45, 7) is 1.75. The summed E-state index contributed by atoms with van der Waals surface area (Å²) >= 11 is 0. The average Bonchev–Trinajstić information content (AvgIpc) is 2.15. The van der Waals surface area contributed by atoms with Gasteiger partial charge in [-0.2, -0.15) is 0 Å². The first-order valence-corrected chi connectivity index (χ1v) is 6.28. The maximum absolute atomic E-state index is 13.1. The molecule has 0 saturated carbocycles. The van der Waals surface area contributed by atoms with Crippen LogP contribution in [0.25, 0.3) is 0 Å². The lowest BCUT2D eigenvalue weighted by Crippen LogP contribution is -1.97. The van der Waals surface area contributed by atoms with Gasteiger partial charge < -0.3 is 0 Å². The largest absolute Gasteiger partial charge is 0.242 e. The van der Waals surface area contributed by atoms with Crippen molar-refractivity contribution in [2.24, 2.45) is 0 Å². The molecule has 0 aliphatic carbocycles. The van der Waals surface area contributed by atoms with Crippen molar-refractivity contribution in [1.29, 1.82) is 0 Å². The van der Waals surface area contributed by atoms with Crippen molar-refractivity contribution < 1.29 is 12.8 Å². The summed E-state index contributed by atoms with van der Waals surface area (Å²) in [5.74, 6) is 0. The minimum absolute atomic E-state index is 0.226. The zero-order chi connectivity index (χ0) is 10.8. The van der Waals surface area contributed by atoms with Crippen LogP contribution in [0, 0.1) is 0 Å². The lowest BCUT2D eigenvalue weighted by atomic mass is 10.1. The van der Waals surface area contributed by atoms with Crippen molar-refractivity contribution in [3.63, 3.8) is 0 Å². The Labute approximate surface area is 83.7 Å². The van der Waals surface area contributed by atoms with Crippen molar-refractivity contribution in [2.45, 2.75) is 24.4 Å². The first-order valence-electron chi connectivity index (χ1n) is 4.39. The summed E-state index contributed by atoms with van der Waals surface area (Å²) in [5, 5.41) is 0. The minimum Gasteiger partial charge on any atom is -0.242 e. The van der Waals surface area contributed by atoms with Crippen LogP contribution in [0.1, 0.15) is 25.1 Å². The molecule has 0 aliphatic heterocycles. The molecule has 0 N–H and O–H groups in total. The van der Waals surface area contributed by atoms with Gasteiger partial charge in [0, 0.05) is 6.26 Å². The number of benzene rings is 1. The standard InChI is InChI=1S/C10H13FO2S/c1-3-10(11)8-4-6-9(7-5-8)14(2,12)13/h4-7,10H,3H2,1-2H3. The second kappa shape index (κ2) is 4.09. The Balaban J connectivity index is 3.01. The summed E-state index contributed by atoms with van der Waals surface area (Å²) < 4.78 is 35.3. The number of rotatable bonds is 3. The summed E-state index contributed by atoms with van der Waals surface area (Å²) in [4.78, 5) is 0.226. The fourth-order valence-electron chi connectivity index (χ4n) is 1.16. The van der Waals surface area contributed by atoms with Crippen LogP contribution in [0.3, 0.4) is 0 Å². The molecule has 1 unspecified atom stereocenters. The van der Waals surface area contributed by atoms with E-state index in [0.29, 0.717) is 12.0 Å². The summed E-state index contributed by atoms with van der Waals surface area (Å²) in [6, 6.07) is 5.91. The number of sulfone groups is 1. The van der Waals surface area contributed by atoms with E-state index in [0.717, 1.165) is 6.26 Å². The maximum atomic E-state index is 13.1. The third-order valence-electron chi connectivity index (χ3n) is 2.03. The molecule has 1 aromatic carbocycles. The lowest BCUT2D eigenvalue weighted by Gasteiger charge is -2.05. The molecule has 4 heteroatoms. The quantitative estimate of drug-likeness (QED) is 0.778. The molecule has 78 valence electrons. The highest BCUT2D eigenvalue weighted by Gasteiger charge is 2.09. The van der Waals surface area contributed by atoms with Crippen LogP contribution in [0.4, 0.5) is 4.39 Å². The second-order valence-corrected chi connectivity index (χ2v) is 5.23. The predicted molar refractivity (Wildman–Crippen MR) is 53.7 cm³/mol. The van der Waals surface area contributed by atoms with Gasteiger partial charge in [-0.25, -0.2) is 12.8 Å². The maximum Gasteiger partial charge on any atom is 0.175 e. The summed E-state index contributed by atoms with van der Waals surface area (Å²) in [6.07, 6.45) is 0.524. The van der Waals surface area contributed by atoms with Gasteiger partial charge in [0.25, 0.3) is 0 Å². The van der Waals surface area contributed by atoms with Crippen LogP contribution < -0.4 is 0 Å². The van der Waals surface area contributed by atoms with E-state index in [4.69, 9.17) is 0 Å². The molecule has 0 radical (unpaired) electrons. The SMILES string of the molecule is CCC(F)c1ccc(S(C)(=O)=O)cc1. The zero-order valence-electron chi connectivity index (χ0n) is 8.20. The van der Waals surface area contributed by atoms with Crippen LogP contribution in [0.15, 0.2) is 29.2 Å². The van der Waals surface area contributed by atoms with E-state index in [-0.39, 0.29) is 4.90 Å². The van der Waals surface area contributed by atoms with Crippen molar-refractivity contribution in [2.75, 3.05) is 6.26 Å². The van der Waals surface area contributed by atoms with E-state index in [9.17, 15) is 12.8 Å². The van der Waals surface area contributed by atoms with Crippen molar-refractivity contribution >= 4 is 9.84 Å². The number of hydrogen-bond acceptors (Lipinski definition) is 2. The van der Waals surface area contributed by atoms with Gasteiger partial charge in [-0.15, -0.1) is 0 Å². The molecule has 0 fully saturated rings. The number of alkyl halides is 1. The topological polar surface area (TPSA) is 34.1 Å². The molecule has 1 rings (SSSR count).